The van der Waals surface area contributed by atoms with Crippen molar-refractivity contribution in [3.8, 4) is 11.4 Å². The van der Waals surface area contributed by atoms with Gasteiger partial charge in [0.2, 0.25) is 0 Å². The van der Waals surface area contributed by atoms with Crippen molar-refractivity contribution in [2.75, 3.05) is 0 Å². The average molecular weight is 422 g/mol. The normalized spacial score (nSPS) is 15.2. The first kappa shape index (κ1) is 20.8. The van der Waals surface area contributed by atoms with E-state index in [0.29, 0.717) is 29.5 Å². The molecule has 0 radical (unpaired) electrons. The van der Waals surface area contributed by atoms with Crippen LogP contribution in [0.3, 0.4) is 0 Å². The van der Waals surface area contributed by atoms with Crippen molar-refractivity contribution in [1.82, 2.24) is 18.7 Å². The fourth-order valence-electron chi connectivity index (χ4n) is 4.39. The highest BCUT2D eigenvalue weighted by Gasteiger charge is 2.22. The number of carboxylic acids is 1. The van der Waals surface area contributed by atoms with Gasteiger partial charge < -0.3 is 9.67 Å². The van der Waals surface area contributed by atoms with Crippen LogP contribution in [0.4, 0.5) is 0 Å². The van der Waals surface area contributed by atoms with Crippen molar-refractivity contribution in [2.24, 2.45) is 20.0 Å². The predicted molar refractivity (Wildman–Crippen MR) is 119 cm³/mol. The zero-order chi connectivity index (χ0) is 22.1. The van der Waals surface area contributed by atoms with E-state index in [0.717, 1.165) is 34.6 Å². The predicted octanol–water partition coefficient (Wildman–Crippen LogP) is 2.78. The quantitative estimate of drug-likeness (QED) is 0.638. The molecule has 1 aromatic carbocycles. The lowest BCUT2D eigenvalue weighted by molar-refractivity contribution is -0.131. The first-order valence-electron chi connectivity index (χ1n) is 10.5. The Bertz CT molecular complexity index is 1270. The van der Waals surface area contributed by atoms with Crippen molar-refractivity contribution in [3.63, 3.8) is 0 Å². The number of carboxylic acid groups (broad SMARTS) is 1. The van der Waals surface area contributed by atoms with E-state index in [1.165, 1.54) is 32.4 Å². The highest BCUT2D eigenvalue weighted by molar-refractivity contribution is 5.85. The van der Waals surface area contributed by atoms with Crippen molar-refractivity contribution in [1.29, 1.82) is 0 Å². The summed E-state index contributed by atoms with van der Waals surface area (Å²) >= 11 is 0. The van der Waals surface area contributed by atoms with E-state index in [4.69, 9.17) is 10.1 Å². The van der Waals surface area contributed by atoms with Crippen molar-refractivity contribution in [3.05, 3.63) is 56.7 Å². The summed E-state index contributed by atoms with van der Waals surface area (Å²) in [6.07, 6.45) is 8.34. The fraction of sp³-hybridized carbons (Fsp3) is 0.391. The van der Waals surface area contributed by atoms with E-state index >= 15 is 0 Å². The molecule has 0 aliphatic heterocycles. The van der Waals surface area contributed by atoms with Gasteiger partial charge in [0.25, 0.3) is 5.56 Å². The van der Waals surface area contributed by atoms with Crippen LogP contribution >= 0.6 is 0 Å². The largest absolute Gasteiger partial charge is 0.478 e. The number of aromatic nitrogens is 4. The summed E-state index contributed by atoms with van der Waals surface area (Å²) in [5.74, 6) is -0.00650. The topological polar surface area (TPSA) is 99.1 Å². The summed E-state index contributed by atoms with van der Waals surface area (Å²) in [6.45, 7) is 0.568. The van der Waals surface area contributed by atoms with E-state index in [1.807, 2.05) is 12.1 Å². The molecule has 0 atom stereocenters. The third-order valence-electron chi connectivity index (χ3n) is 6.11. The number of hydrogen-bond acceptors (Lipinski definition) is 4. The zero-order valence-corrected chi connectivity index (χ0v) is 17.7. The highest BCUT2D eigenvalue weighted by atomic mass is 16.4. The molecule has 1 saturated carbocycles. The van der Waals surface area contributed by atoms with E-state index in [2.05, 4.69) is 0 Å². The standard InChI is InChI=1S/C23H26N4O4/c1-25-19-21(24-20(25)17-11-8-15(9-12-17)10-13-18(28)29)27(23(31)26(2)22(19)30)14-16-6-4-3-5-7-16/h8-13,16H,3-7,14H2,1-2H3,(H,28,29). The van der Waals surface area contributed by atoms with Crippen LogP contribution in [0.25, 0.3) is 28.6 Å². The number of hydrogen-bond donors (Lipinski definition) is 1. The molecule has 1 N–H and O–H groups in total. The number of aliphatic carboxylic acids is 1. The van der Waals surface area contributed by atoms with Gasteiger partial charge in [-0.05, 0) is 30.4 Å². The Kier molecular flexibility index (Phi) is 5.63. The van der Waals surface area contributed by atoms with Crippen LogP contribution < -0.4 is 11.2 Å². The van der Waals surface area contributed by atoms with Gasteiger partial charge in [0, 0.05) is 32.3 Å². The lowest BCUT2D eigenvalue weighted by Gasteiger charge is -2.22. The maximum atomic E-state index is 12.9. The van der Waals surface area contributed by atoms with Crippen LogP contribution in [0, 0.1) is 5.92 Å². The number of imidazole rings is 1. The van der Waals surface area contributed by atoms with Gasteiger partial charge in [-0.15, -0.1) is 0 Å². The SMILES string of the molecule is Cn1c(=O)c2c(nc(-c3ccc(C=CC(=O)O)cc3)n2C)n(CC2CCCCC2)c1=O. The molecule has 0 amide bonds. The molecule has 0 spiro atoms. The molecule has 1 fully saturated rings. The smallest absolute Gasteiger partial charge is 0.332 e. The molecule has 31 heavy (non-hydrogen) atoms. The molecule has 1 aliphatic rings. The van der Waals surface area contributed by atoms with E-state index < -0.39 is 5.97 Å². The summed E-state index contributed by atoms with van der Waals surface area (Å²) < 4.78 is 4.55. The minimum Gasteiger partial charge on any atom is -0.478 e. The minimum absolute atomic E-state index is 0.332. The summed E-state index contributed by atoms with van der Waals surface area (Å²) in [7, 11) is 3.29. The van der Waals surface area contributed by atoms with E-state index in [1.54, 1.807) is 28.3 Å². The summed E-state index contributed by atoms with van der Waals surface area (Å²) in [6, 6.07) is 7.25. The molecular weight excluding hydrogens is 396 g/mol. The van der Waals surface area contributed by atoms with Gasteiger partial charge in [-0.1, -0.05) is 43.5 Å². The summed E-state index contributed by atoms with van der Waals surface area (Å²) in [4.78, 5) is 41.2. The van der Waals surface area contributed by atoms with E-state index in [-0.39, 0.29) is 11.2 Å². The first-order chi connectivity index (χ1) is 14.9. The Morgan fingerprint density at radius 3 is 2.42 bits per heavy atom. The Labute approximate surface area is 179 Å². The molecule has 4 rings (SSSR count). The number of fused-ring (bicyclic) bond motifs is 1. The van der Waals surface area contributed by atoms with Crippen LogP contribution in [0.1, 0.15) is 37.7 Å². The van der Waals surface area contributed by atoms with Gasteiger partial charge >= 0.3 is 11.7 Å². The maximum absolute atomic E-state index is 12.9. The monoisotopic (exact) mass is 422 g/mol. The lowest BCUT2D eigenvalue weighted by Crippen LogP contribution is -2.39. The molecule has 0 saturated heterocycles. The van der Waals surface area contributed by atoms with E-state index in [9.17, 15) is 14.4 Å². The van der Waals surface area contributed by atoms with Gasteiger partial charge in [0.15, 0.2) is 11.2 Å². The van der Waals surface area contributed by atoms with Crippen LogP contribution in [-0.4, -0.2) is 29.8 Å². The molecule has 162 valence electrons. The Hall–Kier alpha value is -3.42. The van der Waals surface area contributed by atoms with Crippen molar-refractivity contribution < 1.29 is 9.90 Å². The molecular formula is C23H26N4O4. The van der Waals surface area contributed by atoms with Gasteiger partial charge in [-0.25, -0.2) is 14.6 Å². The van der Waals surface area contributed by atoms with Crippen LogP contribution in [0.2, 0.25) is 0 Å². The summed E-state index contributed by atoms with van der Waals surface area (Å²) in [5, 5.41) is 8.78. The second-order valence-corrected chi connectivity index (χ2v) is 8.22. The van der Waals surface area contributed by atoms with Crippen LogP contribution in [-0.2, 0) is 25.4 Å². The zero-order valence-electron chi connectivity index (χ0n) is 17.7. The average Bonchev–Trinajstić information content (AvgIpc) is 3.12. The highest BCUT2D eigenvalue weighted by Crippen LogP contribution is 2.27. The fourth-order valence-corrected chi connectivity index (χ4v) is 4.39. The summed E-state index contributed by atoms with van der Waals surface area (Å²) in [5.41, 5.74) is 1.66. The van der Waals surface area contributed by atoms with Gasteiger partial charge in [-0.3, -0.25) is 13.9 Å². The second kappa shape index (κ2) is 8.37. The van der Waals surface area contributed by atoms with Crippen molar-refractivity contribution in [2.45, 2.75) is 38.6 Å². The second-order valence-electron chi connectivity index (χ2n) is 8.22. The number of nitrogens with zero attached hydrogens (tertiary/aromatic N) is 4. The molecule has 1 aliphatic carbocycles. The molecule has 8 heteroatoms. The molecule has 3 aromatic rings. The first-order valence-corrected chi connectivity index (χ1v) is 10.5. The third-order valence-corrected chi connectivity index (χ3v) is 6.11. The molecule has 2 aromatic heterocycles. The Morgan fingerprint density at radius 1 is 1.10 bits per heavy atom. The minimum atomic E-state index is -1.01. The number of benzene rings is 1. The van der Waals surface area contributed by atoms with Crippen LogP contribution in [0.15, 0.2) is 39.9 Å². The number of aryl methyl sites for hydroxylation is 1. The number of rotatable bonds is 5. The molecule has 0 unspecified atom stereocenters. The molecule has 8 nitrogen and oxygen atoms in total. The Balaban J connectivity index is 1.81. The van der Waals surface area contributed by atoms with Crippen LogP contribution in [0.5, 0.6) is 0 Å². The Morgan fingerprint density at radius 2 is 1.77 bits per heavy atom. The van der Waals surface area contributed by atoms with Gasteiger partial charge in [-0.2, -0.15) is 0 Å². The maximum Gasteiger partial charge on any atom is 0.332 e. The number of carbonyl (C=O) groups is 1. The van der Waals surface area contributed by atoms with Gasteiger partial charge in [0.05, 0.1) is 0 Å². The van der Waals surface area contributed by atoms with Gasteiger partial charge in [0.1, 0.15) is 5.82 Å². The molecule has 2 heterocycles. The lowest BCUT2D eigenvalue weighted by atomic mass is 9.89. The van der Waals surface area contributed by atoms with Crippen molar-refractivity contribution >= 4 is 23.2 Å². The molecule has 0 bridgehead atoms. The third kappa shape index (κ3) is 3.97.